The molecule has 2 amide bonds. The van der Waals surface area contributed by atoms with E-state index in [1.807, 2.05) is 18.2 Å². The van der Waals surface area contributed by atoms with Crippen LogP contribution in [0.25, 0.3) is 0 Å². The molecule has 0 radical (unpaired) electrons. The minimum absolute atomic E-state index is 0.0364. The van der Waals surface area contributed by atoms with E-state index in [0.29, 0.717) is 6.42 Å². The molecular weight excluding hydrogens is 282 g/mol. The van der Waals surface area contributed by atoms with Gasteiger partial charge in [-0.2, -0.15) is 0 Å². The van der Waals surface area contributed by atoms with E-state index in [1.54, 1.807) is 14.2 Å². The van der Waals surface area contributed by atoms with Gasteiger partial charge in [0.1, 0.15) is 5.75 Å². The second-order valence-corrected chi connectivity index (χ2v) is 5.86. The summed E-state index contributed by atoms with van der Waals surface area (Å²) in [6.45, 7) is 3.43. The predicted molar refractivity (Wildman–Crippen MR) is 82.1 cm³/mol. The maximum atomic E-state index is 12.1. The molecule has 22 heavy (non-hydrogen) atoms. The third-order valence-electron chi connectivity index (χ3n) is 4.71. The molecule has 2 aliphatic heterocycles. The Morgan fingerprint density at radius 1 is 1.18 bits per heavy atom. The number of rotatable bonds is 3. The number of likely N-dealkylation sites (tertiary alicyclic amines) is 1. The molecule has 0 saturated carbocycles. The summed E-state index contributed by atoms with van der Waals surface area (Å²) in [5.74, 6) is 0.776. The second-order valence-electron chi connectivity index (χ2n) is 5.86. The van der Waals surface area contributed by atoms with Gasteiger partial charge in [-0.3, -0.25) is 14.5 Å². The van der Waals surface area contributed by atoms with Crippen molar-refractivity contribution in [3.63, 3.8) is 0 Å². The topological polar surface area (TPSA) is 54.3 Å². The number of nitrogens with one attached hydrogen (secondary N) is 1. The minimum Gasteiger partial charge on any atom is -0.495 e. The van der Waals surface area contributed by atoms with Gasteiger partial charge in [0.2, 0.25) is 5.91 Å². The first-order chi connectivity index (χ1) is 10.6. The summed E-state index contributed by atoms with van der Waals surface area (Å²) in [7, 11) is 3.26. The zero-order valence-electron chi connectivity index (χ0n) is 13.0. The summed E-state index contributed by atoms with van der Waals surface area (Å²) in [5.41, 5.74) is 1.09. The van der Waals surface area contributed by atoms with E-state index in [9.17, 15) is 9.59 Å². The summed E-state index contributed by atoms with van der Waals surface area (Å²) in [6.07, 6.45) is 0.347. The molecule has 2 aliphatic rings. The van der Waals surface area contributed by atoms with E-state index in [-0.39, 0.29) is 17.9 Å². The molecule has 1 atom stereocenters. The van der Waals surface area contributed by atoms with Crippen LogP contribution in [0.1, 0.15) is 6.42 Å². The molecule has 0 unspecified atom stereocenters. The van der Waals surface area contributed by atoms with Crippen molar-refractivity contribution in [2.24, 2.45) is 0 Å². The summed E-state index contributed by atoms with van der Waals surface area (Å²) in [6, 6.07) is 7.79. The molecule has 0 spiro atoms. The SMILES string of the molecule is COc1ccccc1N1CC[NH+]([C@@H]2CC(=O)N(C)C2=O)CC1. The van der Waals surface area contributed by atoms with Crippen LogP contribution in [0.3, 0.4) is 0 Å². The standard InChI is InChI=1S/C16H21N3O3/c1-17-15(20)11-13(16(17)21)19-9-7-18(8-10-19)12-5-3-4-6-14(12)22-2/h3-6,13H,7-11H2,1-2H3/p+1/t13-/m1/s1. The van der Waals surface area contributed by atoms with Crippen molar-refractivity contribution in [3.8, 4) is 5.75 Å². The lowest BCUT2D eigenvalue weighted by Crippen LogP contribution is -3.19. The van der Waals surface area contributed by atoms with E-state index in [1.165, 1.54) is 9.80 Å². The van der Waals surface area contributed by atoms with Gasteiger partial charge in [-0.25, -0.2) is 0 Å². The number of nitrogens with zero attached hydrogens (tertiary/aromatic N) is 2. The summed E-state index contributed by atoms with van der Waals surface area (Å²) in [4.78, 5) is 28.6. The third kappa shape index (κ3) is 2.54. The lowest BCUT2D eigenvalue weighted by molar-refractivity contribution is -0.915. The van der Waals surface area contributed by atoms with Crippen molar-refractivity contribution < 1.29 is 19.2 Å². The Kier molecular flexibility index (Phi) is 4.02. The van der Waals surface area contributed by atoms with Gasteiger partial charge >= 0.3 is 0 Å². The number of anilines is 1. The fraction of sp³-hybridized carbons (Fsp3) is 0.500. The van der Waals surface area contributed by atoms with Gasteiger partial charge in [-0.15, -0.1) is 0 Å². The molecule has 1 N–H and O–H groups in total. The van der Waals surface area contributed by atoms with E-state index in [4.69, 9.17) is 4.74 Å². The Morgan fingerprint density at radius 2 is 1.86 bits per heavy atom. The predicted octanol–water partition coefficient (Wildman–Crippen LogP) is -0.843. The highest BCUT2D eigenvalue weighted by Gasteiger charge is 2.43. The van der Waals surface area contributed by atoms with Crippen LogP contribution in [0.5, 0.6) is 5.75 Å². The van der Waals surface area contributed by atoms with Crippen molar-refractivity contribution in [1.82, 2.24) is 4.90 Å². The van der Waals surface area contributed by atoms with Crippen LogP contribution in [0.2, 0.25) is 0 Å². The zero-order chi connectivity index (χ0) is 15.7. The lowest BCUT2D eigenvalue weighted by Gasteiger charge is -2.36. The molecular formula is C16H22N3O3+. The van der Waals surface area contributed by atoms with Crippen LogP contribution in [-0.2, 0) is 9.59 Å². The van der Waals surface area contributed by atoms with Crippen LogP contribution in [0.15, 0.2) is 24.3 Å². The summed E-state index contributed by atoms with van der Waals surface area (Å²) >= 11 is 0. The number of amides is 2. The van der Waals surface area contributed by atoms with Crippen LogP contribution in [-0.4, -0.2) is 63.1 Å². The molecule has 3 rings (SSSR count). The first-order valence-electron chi connectivity index (χ1n) is 7.64. The van der Waals surface area contributed by atoms with Crippen molar-refractivity contribution in [3.05, 3.63) is 24.3 Å². The second kappa shape index (κ2) is 5.96. The number of imide groups is 1. The van der Waals surface area contributed by atoms with Gasteiger partial charge in [-0.1, -0.05) is 12.1 Å². The van der Waals surface area contributed by atoms with Crippen LogP contribution < -0.4 is 14.5 Å². The Bertz CT molecular complexity index is 582. The van der Waals surface area contributed by atoms with E-state index in [2.05, 4.69) is 11.0 Å². The number of likely N-dealkylation sites (N-methyl/N-ethyl adjacent to an activating group) is 1. The molecule has 6 nitrogen and oxygen atoms in total. The highest BCUT2D eigenvalue weighted by atomic mass is 16.5. The van der Waals surface area contributed by atoms with Gasteiger partial charge in [0.05, 0.1) is 45.4 Å². The smallest absolute Gasteiger partial charge is 0.287 e. The van der Waals surface area contributed by atoms with Gasteiger partial charge in [0.15, 0.2) is 6.04 Å². The number of carbonyl (C=O) groups is 2. The number of carbonyl (C=O) groups excluding carboxylic acids is 2. The third-order valence-corrected chi connectivity index (χ3v) is 4.71. The maximum absolute atomic E-state index is 12.1. The number of quaternary nitrogens is 1. The van der Waals surface area contributed by atoms with Gasteiger partial charge < -0.3 is 14.5 Å². The summed E-state index contributed by atoms with van der Waals surface area (Å²) < 4.78 is 5.42. The molecule has 1 aromatic carbocycles. The quantitative estimate of drug-likeness (QED) is 0.740. The number of methoxy groups -OCH3 is 1. The average molecular weight is 304 g/mol. The molecule has 2 heterocycles. The monoisotopic (exact) mass is 304 g/mol. The van der Waals surface area contributed by atoms with Crippen molar-refractivity contribution in [2.75, 3.05) is 45.2 Å². The Hall–Kier alpha value is -2.08. The van der Waals surface area contributed by atoms with E-state index >= 15 is 0 Å². The van der Waals surface area contributed by atoms with Crippen molar-refractivity contribution in [1.29, 1.82) is 0 Å². The van der Waals surface area contributed by atoms with Gasteiger partial charge in [0, 0.05) is 7.05 Å². The molecule has 0 bridgehead atoms. The highest BCUT2D eigenvalue weighted by molar-refractivity contribution is 6.04. The number of benzene rings is 1. The van der Waals surface area contributed by atoms with Crippen LogP contribution in [0, 0.1) is 0 Å². The van der Waals surface area contributed by atoms with Gasteiger partial charge in [-0.05, 0) is 12.1 Å². The number of hydrogen-bond donors (Lipinski definition) is 1. The van der Waals surface area contributed by atoms with Crippen molar-refractivity contribution >= 4 is 17.5 Å². The molecule has 6 heteroatoms. The van der Waals surface area contributed by atoms with E-state index in [0.717, 1.165) is 37.6 Å². The average Bonchev–Trinajstić information content (AvgIpc) is 2.82. The first-order valence-corrected chi connectivity index (χ1v) is 7.64. The van der Waals surface area contributed by atoms with Crippen LogP contribution >= 0.6 is 0 Å². The Morgan fingerprint density at radius 3 is 2.45 bits per heavy atom. The molecule has 1 aromatic rings. The fourth-order valence-electron chi connectivity index (χ4n) is 3.35. The molecule has 118 valence electrons. The molecule has 0 aromatic heterocycles. The maximum Gasteiger partial charge on any atom is 0.287 e. The number of piperazine rings is 1. The highest BCUT2D eigenvalue weighted by Crippen LogP contribution is 2.27. The molecule has 2 fully saturated rings. The summed E-state index contributed by atoms with van der Waals surface area (Å²) in [5, 5.41) is 0. The normalized spacial score (nSPS) is 23.3. The zero-order valence-corrected chi connectivity index (χ0v) is 13.0. The fourth-order valence-corrected chi connectivity index (χ4v) is 3.35. The lowest BCUT2D eigenvalue weighted by atomic mass is 10.1. The number of hydrogen-bond acceptors (Lipinski definition) is 4. The molecule has 2 saturated heterocycles. The largest absolute Gasteiger partial charge is 0.495 e. The Balaban J connectivity index is 1.66. The molecule has 0 aliphatic carbocycles. The number of para-hydroxylation sites is 2. The van der Waals surface area contributed by atoms with Gasteiger partial charge in [0.25, 0.3) is 5.91 Å². The van der Waals surface area contributed by atoms with Crippen molar-refractivity contribution in [2.45, 2.75) is 12.5 Å². The minimum atomic E-state index is -0.197. The number of ether oxygens (including phenoxy) is 1. The first kappa shape index (κ1) is 14.8. The Labute approximate surface area is 130 Å². The van der Waals surface area contributed by atoms with E-state index < -0.39 is 0 Å². The van der Waals surface area contributed by atoms with Crippen LogP contribution in [0.4, 0.5) is 5.69 Å².